The summed E-state index contributed by atoms with van der Waals surface area (Å²) in [6.07, 6.45) is 3.44. The van der Waals surface area contributed by atoms with Crippen LogP contribution in [-0.2, 0) is 9.59 Å². The van der Waals surface area contributed by atoms with E-state index in [-0.39, 0.29) is 12.5 Å². The third-order valence-corrected chi connectivity index (χ3v) is 3.68. The van der Waals surface area contributed by atoms with Crippen LogP contribution in [0.25, 0.3) is 0 Å². The first-order chi connectivity index (χ1) is 8.73. The Morgan fingerprint density at radius 2 is 2.00 bits per heavy atom. The van der Waals surface area contributed by atoms with E-state index in [9.17, 15) is 9.59 Å². The van der Waals surface area contributed by atoms with E-state index in [0.29, 0.717) is 0 Å². The van der Waals surface area contributed by atoms with Crippen molar-refractivity contribution in [1.29, 1.82) is 0 Å². The van der Waals surface area contributed by atoms with Gasteiger partial charge in [-0.05, 0) is 46.6 Å². The number of carboxylic acids is 1. The molecule has 1 heterocycles. The molecule has 1 fully saturated rings. The highest BCUT2D eigenvalue weighted by atomic mass is 16.4. The van der Waals surface area contributed by atoms with Crippen LogP contribution in [0.4, 0.5) is 0 Å². The molecule has 110 valence electrons. The van der Waals surface area contributed by atoms with Crippen LogP contribution in [0.2, 0.25) is 0 Å². The Morgan fingerprint density at radius 1 is 1.37 bits per heavy atom. The molecule has 0 aromatic carbocycles. The van der Waals surface area contributed by atoms with E-state index in [1.165, 1.54) is 4.90 Å². The quantitative estimate of drug-likeness (QED) is 0.796. The van der Waals surface area contributed by atoms with Gasteiger partial charge in [0, 0.05) is 5.54 Å². The summed E-state index contributed by atoms with van der Waals surface area (Å²) in [4.78, 5) is 25.4. The summed E-state index contributed by atoms with van der Waals surface area (Å²) in [5.74, 6) is -1.03. The number of aliphatic carboxylic acids is 1. The predicted octanol–water partition coefficient (Wildman–Crippen LogP) is 1.62. The van der Waals surface area contributed by atoms with E-state index >= 15 is 0 Å². The summed E-state index contributed by atoms with van der Waals surface area (Å²) < 4.78 is 0. The van der Waals surface area contributed by atoms with E-state index in [1.807, 2.05) is 27.7 Å². The molecule has 1 saturated heterocycles. The maximum Gasteiger partial charge on any atom is 0.323 e. The second-order valence-corrected chi connectivity index (χ2v) is 6.32. The van der Waals surface area contributed by atoms with Gasteiger partial charge < -0.3 is 15.3 Å². The highest BCUT2D eigenvalue weighted by molar-refractivity contribution is 5.90. The molecule has 1 aliphatic rings. The topological polar surface area (TPSA) is 69.6 Å². The van der Waals surface area contributed by atoms with Crippen molar-refractivity contribution in [3.63, 3.8) is 0 Å². The molecule has 19 heavy (non-hydrogen) atoms. The van der Waals surface area contributed by atoms with E-state index in [0.717, 1.165) is 32.2 Å². The Bertz CT molecular complexity index is 341. The first-order valence-electron chi connectivity index (χ1n) is 7.02. The van der Waals surface area contributed by atoms with Gasteiger partial charge in [-0.25, -0.2) is 0 Å². The summed E-state index contributed by atoms with van der Waals surface area (Å²) >= 11 is 0. The summed E-state index contributed by atoms with van der Waals surface area (Å²) in [5, 5.41) is 12.4. The van der Waals surface area contributed by atoms with Gasteiger partial charge in [0.25, 0.3) is 0 Å². The zero-order chi connectivity index (χ0) is 14.7. The highest BCUT2D eigenvalue weighted by Gasteiger charge is 2.45. The number of carbonyl (C=O) groups excluding carboxylic acids is 1. The molecular formula is C14H26N2O3. The molecule has 0 spiro atoms. The average Bonchev–Trinajstić information content (AvgIpc) is 2.73. The van der Waals surface area contributed by atoms with Gasteiger partial charge in [0.1, 0.15) is 6.54 Å². The number of hydrogen-bond donors (Lipinski definition) is 2. The Hall–Kier alpha value is -1.10. The average molecular weight is 270 g/mol. The molecule has 0 aliphatic carbocycles. The van der Waals surface area contributed by atoms with Gasteiger partial charge in [0.15, 0.2) is 0 Å². The Morgan fingerprint density at radius 3 is 2.37 bits per heavy atom. The van der Waals surface area contributed by atoms with Crippen LogP contribution in [0.3, 0.4) is 0 Å². The minimum Gasteiger partial charge on any atom is -0.480 e. The van der Waals surface area contributed by atoms with E-state index in [4.69, 9.17) is 5.11 Å². The minimum atomic E-state index is -0.965. The van der Waals surface area contributed by atoms with Crippen LogP contribution in [0.15, 0.2) is 0 Å². The monoisotopic (exact) mass is 270 g/mol. The van der Waals surface area contributed by atoms with Crippen LogP contribution < -0.4 is 5.32 Å². The number of carboxylic acid groups (broad SMARTS) is 1. The fraction of sp³-hybridized carbons (Fsp3) is 0.857. The van der Waals surface area contributed by atoms with Crippen molar-refractivity contribution >= 4 is 11.9 Å². The van der Waals surface area contributed by atoms with Crippen LogP contribution >= 0.6 is 0 Å². The second kappa shape index (κ2) is 5.90. The zero-order valence-electron chi connectivity index (χ0n) is 12.5. The molecule has 1 amide bonds. The molecule has 1 atom stereocenters. The molecule has 5 nitrogen and oxygen atoms in total. The lowest BCUT2D eigenvalue weighted by Gasteiger charge is -2.41. The zero-order valence-corrected chi connectivity index (χ0v) is 12.5. The molecule has 0 radical (unpaired) electrons. The largest absolute Gasteiger partial charge is 0.480 e. The lowest BCUT2D eigenvalue weighted by Crippen LogP contribution is -2.60. The van der Waals surface area contributed by atoms with Gasteiger partial charge in [-0.2, -0.15) is 0 Å². The molecule has 0 aromatic heterocycles. The molecular weight excluding hydrogens is 244 g/mol. The number of nitrogens with zero attached hydrogens (tertiary/aromatic N) is 1. The lowest BCUT2D eigenvalue weighted by atomic mass is 9.88. The normalized spacial score (nSPS) is 23.4. The fourth-order valence-corrected chi connectivity index (χ4v) is 2.74. The van der Waals surface area contributed by atoms with Crippen molar-refractivity contribution in [1.82, 2.24) is 10.2 Å². The SMILES string of the molecule is CCCC1(C(=O)N(CC(=O)O)C(C)(C)C)CCCN1. The second-order valence-electron chi connectivity index (χ2n) is 6.32. The number of rotatable bonds is 5. The van der Waals surface area contributed by atoms with Gasteiger partial charge in [-0.1, -0.05) is 13.3 Å². The van der Waals surface area contributed by atoms with Crippen molar-refractivity contribution in [2.45, 2.75) is 64.5 Å². The maximum atomic E-state index is 12.8. The lowest BCUT2D eigenvalue weighted by molar-refractivity contribution is -0.152. The summed E-state index contributed by atoms with van der Waals surface area (Å²) in [7, 11) is 0. The number of hydrogen-bond acceptors (Lipinski definition) is 3. The van der Waals surface area contributed by atoms with Crippen molar-refractivity contribution < 1.29 is 14.7 Å². The van der Waals surface area contributed by atoms with Crippen LogP contribution in [-0.4, -0.2) is 46.1 Å². The molecule has 1 aliphatic heterocycles. The smallest absolute Gasteiger partial charge is 0.323 e. The molecule has 1 unspecified atom stereocenters. The number of amides is 1. The van der Waals surface area contributed by atoms with Crippen LogP contribution in [0.1, 0.15) is 53.4 Å². The van der Waals surface area contributed by atoms with E-state index in [1.54, 1.807) is 0 Å². The predicted molar refractivity (Wildman–Crippen MR) is 74.0 cm³/mol. The van der Waals surface area contributed by atoms with E-state index < -0.39 is 17.0 Å². The van der Waals surface area contributed by atoms with Crippen LogP contribution in [0.5, 0.6) is 0 Å². The Labute approximate surface area is 115 Å². The van der Waals surface area contributed by atoms with Gasteiger partial charge in [0.2, 0.25) is 5.91 Å². The minimum absolute atomic E-state index is 0.0678. The van der Waals surface area contributed by atoms with E-state index in [2.05, 4.69) is 5.32 Å². The molecule has 5 heteroatoms. The third kappa shape index (κ3) is 3.69. The molecule has 2 N–H and O–H groups in total. The van der Waals surface area contributed by atoms with Crippen molar-refractivity contribution in [2.75, 3.05) is 13.1 Å². The molecule has 0 saturated carbocycles. The van der Waals surface area contributed by atoms with Crippen molar-refractivity contribution in [3.05, 3.63) is 0 Å². The van der Waals surface area contributed by atoms with Gasteiger partial charge in [0.05, 0.1) is 5.54 Å². The first kappa shape index (κ1) is 16.0. The van der Waals surface area contributed by atoms with Gasteiger partial charge in [-0.3, -0.25) is 9.59 Å². The highest BCUT2D eigenvalue weighted by Crippen LogP contribution is 2.29. The van der Waals surface area contributed by atoms with Gasteiger partial charge in [-0.15, -0.1) is 0 Å². The Kier molecular flexibility index (Phi) is 4.96. The van der Waals surface area contributed by atoms with Crippen molar-refractivity contribution in [3.8, 4) is 0 Å². The van der Waals surface area contributed by atoms with Crippen LogP contribution in [0, 0.1) is 0 Å². The number of nitrogens with one attached hydrogen (secondary N) is 1. The maximum absolute atomic E-state index is 12.8. The summed E-state index contributed by atoms with van der Waals surface area (Å²) in [6.45, 7) is 8.27. The van der Waals surface area contributed by atoms with Crippen molar-refractivity contribution in [2.24, 2.45) is 0 Å². The van der Waals surface area contributed by atoms with Gasteiger partial charge >= 0.3 is 5.97 Å². The standard InChI is InChI=1S/C14H26N2O3/c1-5-7-14(8-6-9-15-14)12(19)16(10-11(17)18)13(2,3)4/h15H,5-10H2,1-4H3,(H,17,18). The summed E-state index contributed by atoms with van der Waals surface area (Å²) in [5.41, 5.74) is -1.04. The fourth-order valence-electron chi connectivity index (χ4n) is 2.74. The summed E-state index contributed by atoms with van der Waals surface area (Å²) in [6, 6.07) is 0. The third-order valence-electron chi connectivity index (χ3n) is 3.68. The molecule has 1 rings (SSSR count). The first-order valence-corrected chi connectivity index (χ1v) is 7.02. The number of carbonyl (C=O) groups is 2. The Balaban J connectivity index is 3.00. The molecule has 0 bridgehead atoms. The molecule has 0 aromatic rings.